The van der Waals surface area contributed by atoms with E-state index in [2.05, 4.69) is 14.9 Å². The lowest BCUT2D eigenvalue weighted by Gasteiger charge is -2.31. The van der Waals surface area contributed by atoms with Gasteiger partial charge in [-0.15, -0.1) is 0 Å². The predicted octanol–water partition coefficient (Wildman–Crippen LogP) is 0.123. The molecule has 2 N–H and O–H groups in total. The van der Waals surface area contributed by atoms with Crippen molar-refractivity contribution in [1.82, 2.24) is 9.97 Å². The Morgan fingerprint density at radius 3 is 2.80 bits per heavy atom. The SMILES string of the molecule is NCC1CCN(c2ncc3c(n2)CCS(=O)(=O)C3)CC1. The highest BCUT2D eigenvalue weighted by molar-refractivity contribution is 7.90. The maximum atomic E-state index is 11.6. The van der Waals surface area contributed by atoms with Crippen LogP contribution in [0, 0.1) is 5.92 Å². The molecule has 20 heavy (non-hydrogen) atoms. The Morgan fingerprint density at radius 1 is 1.35 bits per heavy atom. The van der Waals surface area contributed by atoms with Crippen molar-refractivity contribution in [2.75, 3.05) is 30.3 Å². The first-order chi connectivity index (χ1) is 9.57. The van der Waals surface area contributed by atoms with E-state index in [1.165, 1.54) is 0 Å². The lowest BCUT2D eigenvalue weighted by molar-refractivity contribution is 0.411. The average molecular weight is 296 g/mol. The van der Waals surface area contributed by atoms with Crippen molar-refractivity contribution in [2.24, 2.45) is 11.7 Å². The monoisotopic (exact) mass is 296 g/mol. The molecule has 0 radical (unpaired) electrons. The van der Waals surface area contributed by atoms with Crippen molar-refractivity contribution in [2.45, 2.75) is 25.0 Å². The van der Waals surface area contributed by atoms with Crippen molar-refractivity contribution < 1.29 is 8.42 Å². The van der Waals surface area contributed by atoms with Crippen molar-refractivity contribution in [3.8, 4) is 0 Å². The fourth-order valence-corrected chi connectivity index (χ4v) is 4.21. The second kappa shape index (κ2) is 5.29. The molecule has 6 nitrogen and oxygen atoms in total. The topological polar surface area (TPSA) is 89.2 Å². The molecule has 2 aliphatic heterocycles. The van der Waals surface area contributed by atoms with Gasteiger partial charge in [-0.2, -0.15) is 0 Å². The Labute approximate surface area is 119 Å². The van der Waals surface area contributed by atoms with Gasteiger partial charge in [-0.25, -0.2) is 18.4 Å². The van der Waals surface area contributed by atoms with E-state index >= 15 is 0 Å². The number of nitrogens with zero attached hydrogens (tertiary/aromatic N) is 3. The summed E-state index contributed by atoms with van der Waals surface area (Å²) in [5, 5.41) is 0. The molecule has 0 saturated carbocycles. The van der Waals surface area contributed by atoms with Gasteiger partial charge in [0.25, 0.3) is 0 Å². The van der Waals surface area contributed by atoms with Crippen LogP contribution in [0.25, 0.3) is 0 Å². The minimum atomic E-state index is -2.95. The summed E-state index contributed by atoms with van der Waals surface area (Å²) in [6, 6.07) is 0. The second-order valence-corrected chi connectivity index (χ2v) is 7.83. The van der Waals surface area contributed by atoms with E-state index in [0.717, 1.165) is 49.7 Å². The van der Waals surface area contributed by atoms with E-state index in [1.807, 2.05) is 0 Å². The fraction of sp³-hybridized carbons (Fsp3) is 0.692. The minimum absolute atomic E-state index is 0.0812. The molecule has 1 saturated heterocycles. The van der Waals surface area contributed by atoms with Gasteiger partial charge in [0.2, 0.25) is 5.95 Å². The van der Waals surface area contributed by atoms with Crippen molar-refractivity contribution in [3.63, 3.8) is 0 Å². The van der Waals surface area contributed by atoms with Crippen LogP contribution in [-0.4, -0.2) is 43.8 Å². The van der Waals surface area contributed by atoms with E-state index in [9.17, 15) is 8.42 Å². The molecule has 0 unspecified atom stereocenters. The molecule has 1 aromatic rings. The molecule has 3 heterocycles. The largest absolute Gasteiger partial charge is 0.341 e. The van der Waals surface area contributed by atoms with Gasteiger partial charge in [-0.1, -0.05) is 0 Å². The molecular weight excluding hydrogens is 276 g/mol. The van der Waals surface area contributed by atoms with Crippen LogP contribution in [-0.2, 0) is 22.0 Å². The van der Waals surface area contributed by atoms with Gasteiger partial charge in [0, 0.05) is 31.3 Å². The number of hydrogen-bond acceptors (Lipinski definition) is 6. The standard InChI is InChI=1S/C13H20N4O2S/c14-7-10-1-4-17(5-2-10)13-15-8-11-9-20(18,19)6-3-12(11)16-13/h8,10H,1-7,9,14H2. The van der Waals surface area contributed by atoms with Crippen LogP contribution in [0.1, 0.15) is 24.1 Å². The van der Waals surface area contributed by atoms with Crippen LogP contribution < -0.4 is 10.6 Å². The number of aromatic nitrogens is 2. The summed E-state index contributed by atoms with van der Waals surface area (Å²) in [6.07, 6.45) is 4.34. The third kappa shape index (κ3) is 2.78. The summed E-state index contributed by atoms with van der Waals surface area (Å²) in [4.78, 5) is 11.1. The molecule has 0 aromatic carbocycles. The third-order valence-electron chi connectivity index (χ3n) is 4.20. The van der Waals surface area contributed by atoms with Crippen LogP contribution in [0.3, 0.4) is 0 Å². The normalized spacial score (nSPS) is 22.6. The van der Waals surface area contributed by atoms with Crippen molar-refractivity contribution >= 4 is 15.8 Å². The Hall–Kier alpha value is -1.21. The Bertz CT molecular complexity index is 594. The molecule has 0 aliphatic carbocycles. The maximum Gasteiger partial charge on any atom is 0.225 e. The molecule has 0 bridgehead atoms. The Kier molecular flexibility index (Phi) is 3.64. The third-order valence-corrected chi connectivity index (χ3v) is 5.77. The van der Waals surface area contributed by atoms with E-state index in [1.54, 1.807) is 6.20 Å². The predicted molar refractivity (Wildman–Crippen MR) is 77.2 cm³/mol. The van der Waals surface area contributed by atoms with E-state index in [0.29, 0.717) is 12.3 Å². The summed E-state index contributed by atoms with van der Waals surface area (Å²) in [7, 11) is -2.95. The highest BCUT2D eigenvalue weighted by atomic mass is 32.2. The van der Waals surface area contributed by atoms with E-state index < -0.39 is 9.84 Å². The highest BCUT2D eigenvalue weighted by Crippen LogP contribution is 2.23. The first-order valence-electron chi connectivity index (χ1n) is 7.07. The first-order valence-corrected chi connectivity index (χ1v) is 8.90. The molecule has 7 heteroatoms. The Morgan fingerprint density at radius 2 is 2.10 bits per heavy atom. The van der Waals surface area contributed by atoms with Gasteiger partial charge in [-0.05, 0) is 25.3 Å². The minimum Gasteiger partial charge on any atom is -0.341 e. The quantitative estimate of drug-likeness (QED) is 0.834. The molecular formula is C13H20N4O2S. The number of piperidine rings is 1. The first kappa shape index (κ1) is 13.8. The fourth-order valence-electron chi connectivity index (χ4n) is 2.85. The summed E-state index contributed by atoms with van der Waals surface area (Å²) >= 11 is 0. The van der Waals surface area contributed by atoms with Crippen molar-refractivity contribution in [3.05, 3.63) is 17.5 Å². The van der Waals surface area contributed by atoms with Crippen LogP contribution in [0.4, 0.5) is 5.95 Å². The van der Waals surface area contributed by atoms with Crippen molar-refractivity contribution in [1.29, 1.82) is 0 Å². The van der Waals surface area contributed by atoms with Gasteiger partial charge in [0.05, 0.1) is 17.2 Å². The van der Waals surface area contributed by atoms with Gasteiger partial charge in [0.1, 0.15) is 0 Å². The van der Waals surface area contributed by atoms with Crippen LogP contribution in [0.15, 0.2) is 6.20 Å². The molecule has 110 valence electrons. The smallest absolute Gasteiger partial charge is 0.225 e. The number of sulfone groups is 1. The maximum absolute atomic E-state index is 11.6. The van der Waals surface area contributed by atoms with Gasteiger partial charge >= 0.3 is 0 Å². The summed E-state index contributed by atoms with van der Waals surface area (Å²) in [6.45, 7) is 2.61. The molecule has 0 atom stereocenters. The van der Waals surface area contributed by atoms with Crippen LogP contribution in [0.2, 0.25) is 0 Å². The van der Waals surface area contributed by atoms with Crippen LogP contribution in [0.5, 0.6) is 0 Å². The molecule has 0 spiro atoms. The number of rotatable bonds is 2. The number of anilines is 1. The van der Waals surface area contributed by atoms with Gasteiger partial charge < -0.3 is 10.6 Å². The average Bonchev–Trinajstić information content (AvgIpc) is 2.46. The van der Waals surface area contributed by atoms with Gasteiger partial charge in [0.15, 0.2) is 9.84 Å². The van der Waals surface area contributed by atoms with E-state index in [4.69, 9.17) is 5.73 Å². The lowest BCUT2D eigenvalue weighted by atomic mass is 9.97. The zero-order valence-corrected chi connectivity index (χ0v) is 12.3. The number of hydrogen-bond donors (Lipinski definition) is 1. The number of nitrogens with two attached hydrogens (primary N) is 1. The molecule has 1 fully saturated rings. The molecule has 1 aromatic heterocycles. The lowest BCUT2D eigenvalue weighted by Crippen LogP contribution is -2.37. The zero-order chi connectivity index (χ0) is 14.2. The molecule has 2 aliphatic rings. The number of fused-ring (bicyclic) bond motifs is 1. The summed E-state index contributed by atoms with van der Waals surface area (Å²) in [5.74, 6) is 1.62. The Balaban J connectivity index is 1.77. The zero-order valence-electron chi connectivity index (χ0n) is 11.5. The van der Waals surface area contributed by atoms with E-state index in [-0.39, 0.29) is 11.5 Å². The second-order valence-electron chi connectivity index (χ2n) is 5.65. The van der Waals surface area contributed by atoms with Crippen LogP contribution >= 0.6 is 0 Å². The summed E-state index contributed by atoms with van der Waals surface area (Å²) in [5.41, 5.74) is 7.35. The van der Waals surface area contributed by atoms with Gasteiger partial charge in [-0.3, -0.25) is 0 Å². The summed E-state index contributed by atoms with van der Waals surface area (Å²) < 4.78 is 23.2. The molecule has 3 rings (SSSR count). The molecule has 0 amide bonds. The highest BCUT2D eigenvalue weighted by Gasteiger charge is 2.25. The number of aryl methyl sites for hydroxylation is 1.